The van der Waals surface area contributed by atoms with Gasteiger partial charge in [-0.25, -0.2) is 41.3 Å². The monoisotopic (exact) mass is 477 g/mol. The third-order valence-corrected chi connectivity index (χ3v) is 6.80. The maximum Gasteiger partial charge on any atom is 0.336 e. The molecule has 4 rings (SSSR count). The molecule has 1 aliphatic heterocycles. The lowest BCUT2D eigenvalue weighted by molar-refractivity contribution is 0.0699. The molecule has 0 saturated carbocycles. The molecule has 174 valence electrons. The van der Waals surface area contributed by atoms with Crippen molar-refractivity contribution in [3.05, 3.63) is 47.3 Å². The van der Waals surface area contributed by atoms with Gasteiger partial charge < -0.3 is 10.4 Å². The Morgan fingerprint density at radius 2 is 1.85 bits per heavy atom. The Morgan fingerprint density at radius 3 is 2.48 bits per heavy atom. The van der Waals surface area contributed by atoms with E-state index in [2.05, 4.69) is 20.3 Å². The van der Waals surface area contributed by atoms with Crippen molar-refractivity contribution in [3.63, 3.8) is 0 Å². The zero-order chi connectivity index (χ0) is 23.9. The molecular weight excluding hydrogens is 456 g/mol. The van der Waals surface area contributed by atoms with Crippen molar-refractivity contribution >= 4 is 32.8 Å². The van der Waals surface area contributed by atoms with Gasteiger partial charge in [0.15, 0.2) is 5.82 Å². The smallest absolute Gasteiger partial charge is 0.336 e. The van der Waals surface area contributed by atoms with Crippen molar-refractivity contribution in [2.24, 2.45) is 0 Å². The molecule has 0 amide bonds. The fourth-order valence-electron chi connectivity index (χ4n) is 3.88. The number of anilines is 1. The Kier molecular flexibility index (Phi) is 5.97. The fraction of sp³-hybridized carbons (Fsp3) is 0.333. The molecule has 2 N–H and O–H groups in total. The minimum absolute atomic E-state index is 0.0313. The summed E-state index contributed by atoms with van der Waals surface area (Å²) in [4.78, 5) is 23.8. The van der Waals surface area contributed by atoms with Crippen LogP contribution in [0.25, 0.3) is 22.2 Å². The standard InChI is InChI=1S/C21H21F2N5O4S/c1-11-7-15(20(29)30)14-8-12(9-16(22)19(14)25-11)18-17(23)10-24-21(27-18)26-13-3-5-28(6-4-13)33(2,31)32/h7-10,13H,3-6H2,1-2H3,(H,29,30)(H,24,26,27). The van der Waals surface area contributed by atoms with Gasteiger partial charge in [0.05, 0.1) is 18.0 Å². The fourth-order valence-corrected chi connectivity index (χ4v) is 4.75. The number of benzene rings is 1. The summed E-state index contributed by atoms with van der Waals surface area (Å²) in [6.45, 7) is 2.23. The van der Waals surface area contributed by atoms with E-state index in [-0.39, 0.29) is 39.7 Å². The van der Waals surface area contributed by atoms with Crippen LogP contribution >= 0.6 is 0 Å². The van der Waals surface area contributed by atoms with Crippen LogP contribution in [0.15, 0.2) is 24.4 Å². The molecule has 3 heterocycles. The molecule has 0 spiro atoms. The number of hydrogen-bond acceptors (Lipinski definition) is 7. The van der Waals surface area contributed by atoms with Crippen LogP contribution in [-0.4, -0.2) is 64.1 Å². The molecule has 0 aliphatic carbocycles. The molecule has 0 radical (unpaired) electrons. The van der Waals surface area contributed by atoms with Crippen molar-refractivity contribution in [1.29, 1.82) is 0 Å². The van der Waals surface area contributed by atoms with Crippen molar-refractivity contribution in [3.8, 4) is 11.3 Å². The van der Waals surface area contributed by atoms with E-state index in [0.717, 1.165) is 18.5 Å². The summed E-state index contributed by atoms with van der Waals surface area (Å²) in [6, 6.07) is 3.59. The average molecular weight is 477 g/mol. The second-order valence-electron chi connectivity index (χ2n) is 7.94. The molecule has 0 atom stereocenters. The van der Waals surface area contributed by atoms with E-state index >= 15 is 0 Å². The minimum Gasteiger partial charge on any atom is -0.478 e. The Morgan fingerprint density at radius 1 is 1.15 bits per heavy atom. The number of aromatic nitrogens is 3. The second-order valence-corrected chi connectivity index (χ2v) is 9.92. The number of aromatic carboxylic acids is 1. The minimum atomic E-state index is -3.26. The number of nitrogens with one attached hydrogen (secondary N) is 1. The summed E-state index contributed by atoms with van der Waals surface area (Å²) in [7, 11) is -3.26. The number of carboxylic acids is 1. The van der Waals surface area contributed by atoms with Crippen molar-refractivity contribution in [2.75, 3.05) is 24.7 Å². The van der Waals surface area contributed by atoms with Crippen molar-refractivity contribution < 1.29 is 27.1 Å². The average Bonchev–Trinajstić information content (AvgIpc) is 2.74. The lowest BCUT2D eigenvalue weighted by Crippen LogP contribution is -2.42. The number of fused-ring (bicyclic) bond motifs is 1. The molecule has 12 heteroatoms. The van der Waals surface area contributed by atoms with E-state index in [9.17, 15) is 27.1 Å². The molecule has 33 heavy (non-hydrogen) atoms. The second kappa shape index (κ2) is 8.60. The number of carbonyl (C=O) groups is 1. The van der Waals surface area contributed by atoms with E-state index in [1.807, 2.05) is 0 Å². The molecule has 0 bridgehead atoms. The first-order valence-corrected chi connectivity index (χ1v) is 12.0. The molecule has 1 aliphatic rings. The normalized spacial score (nSPS) is 15.6. The summed E-state index contributed by atoms with van der Waals surface area (Å²) >= 11 is 0. The molecule has 9 nitrogen and oxygen atoms in total. The number of piperidine rings is 1. The molecule has 3 aromatic rings. The number of hydrogen-bond donors (Lipinski definition) is 2. The van der Waals surface area contributed by atoms with Gasteiger partial charge in [-0.15, -0.1) is 0 Å². The SMILES string of the molecule is Cc1cc(C(=O)O)c2cc(-c3nc(NC4CCN(S(C)(=O)=O)CC4)ncc3F)cc(F)c2n1. The van der Waals surface area contributed by atoms with Gasteiger partial charge in [-0.3, -0.25) is 0 Å². The molecule has 1 saturated heterocycles. The van der Waals surface area contributed by atoms with Crippen LogP contribution in [0, 0.1) is 18.6 Å². The summed E-state index contributed by atoms with van der Waals surface area (Å²) in [6.07, 6.45) is 3.14. The maximum atomic E-state index is 14.8. The number of rotatable bonds is 5. The zero-order valence-electron chi connectivity index (χ0n) is 17.8. The Balaban J connectivity index is 1.66. The van der Waals surface area contributed by atoms with Crippen LogP contribution in [0.1, 0.15) is 28.9 Å². The van der Waals surface area contributed by atoms with Crippen LogP contribution in [0.3, 0.4) is 0 Å². The number of nitrogens with zero attached hydrogens (tertiary/aromatic N) is 4. The molecule has 1 fully saturated rings. The molecule has 1 aromatic carbocycles. The topological polar surface area (TPSA) is 125 Å². The van der Waals surface area contributed by atoms with Gasteiger partial charge in [-0.2, -0.15) is 0 Å². The quantitative estimate of drug-likeness (QED) is 0.575. The highest BCUT2D eigenvalue weighted by molar-refractivity contribution is 7.88. The predicted octanol–water partition coefficient (Wildman–Crippen LogP) is 2.81. The zero-order valence-corrected chi connectivity index (χ0v) is 18.7. The summed E-state index contributed by atoms with van der Waals surface area (Å²) < 4.78 is 54.1. The number of aryl methyl sites for hydroxylation is 1. The Hall–Kier alpha value is -3.25. The highest BCUT2D eigenvalue weighted by Gasteiger charge is 2.25. The van der Waals surface area contributed by atoms with Crippen molar-refractivity contribution in [1.82, 2.24) is 19.3 Å². The van der Waals surface area contributed by atoms with E-state index in [1.165, 1.54) is 16.4 Å². The van der Waals surface area contributed by atoms with Gasteiger partial charge >= 0.3 is 5.97 Å². The van der Waals surface area contributed by atoms with Gasteiger partial charge in [0.2, 0.25) is 16.0 Å². The summed E-state index contributed by atoms with van der Waals surface area (Å²) in [5.74, 6) is -2.75. The lowest BCUT2D eigenvalue weighted by atomic mass is 10.0. The lowest BCUT2D eigenvalue weighted by Gasteiger charge is -2.30. The first kappa shape index (κ1) is 22.9. The number of pyridine rings is 1. The molecule has 0 unspecified atom stereocenters. The van der Waals surface area contributed by atoms with Gasteiger partial charge in [0, 0.05) is 35.8 Å². The first-order chi connectivity index (χ1) is 15.5. The summed E-state index contributed by atoms with van der Waals surface area (Å²) in [5, 5.41) is 12.6. The van der Waals surface area contributed by atoms with Crippen LogP contribution in [0.5, 0.6) is 0 Å². The van der Waals surface area contributed by atoms with E-state index in [1.54, 1.807) is 6.92 Å². The van der Waals surface area contributed by atoms with Crippen LogP contribution < -0.4 is 5.32 Å². The van der Waals surface area contributed by atoms with Gasteiger partial charge in [-0.05, 0) is 38.0 Å². The number of sulfonamides is 1. The predicted molar refractivity (Wildman–Crippen MR) is 117 cm³/mol. The third-order valence-electron chi connectivity index (χ3n) is 5.50. The van der Waals surface area contributed by atoms with Crippen LogP contribution in [-0.2, 0) is 10.0 Å². The van der Waals surface area contributed by atoms with E-state index in [4.69, 9.17) is 0 Å². The van der Waals surface area contributed by atoms with E-state index < -0.39 is 27.6 Å². The Bertz CT molecular complexity index is 1360. The third kappa shape index (κ3) is 4.76. The van der Waals surface area contributed by atoms with Crippen LogP contribution in [0.2, 0.25) is 0 Å². The Labute approximate surface area is 188 Å². The summed E-state index contributed by atoms with van der Waals surface area (Å²) in [5.41, 5.74) is -0.0831. The first-order valence-electron chi connectivity index (χ1n) is 10.1. The largest absolute Gasteiger partial charge is 0.478 e. The molecule has 2 aromatic heterocycles. The van der Waals surface area contributed by atoms with Gasteiger partial charge in [0.25, 0.3) is 0 Å². The van der Waals surface area contributed by atoms with E-state index in [0.29, 0.717) is 31.6 Å². The highest BCUT2D eigenvalue weighted by atomic mass is 32.2. The maximum absolute atomic E-state index is 14.8. The highest BCUT2D eigenvalue weighted by Crippen LogP contribution is 2.30. The molecular formula is C21H21F2N5O4S. The number of carboxylic acid groups (broad SMARTS) is 1. The van der Waals surface area contributed by atoms with Gasteiger partial charge in [-0.1, -0.05) is 0 Å². The number of halogens is 2. The van der Waals surface area contributed by atoms with Crippen molar-refractivity contribution in [2.45, 2.75) is 25.8 Å². The van der Waals surface area contributed by atoms with Crippen LogP contribution in [0.4, 0.5) is 14.7 Å². The van der Waals surface area contributed by atoms with Gasteiger partial charge in [0.1, 0.15) is 17.0 Å².